The van der Waals surface area contributed by atoms with Crippen LogP contribution in [0.15, 0.2) is 18.2 Å². The lowest BCUT2D eigenvalue weighted by Crippen LogP contribution is -2.41. The lowest BCUT2D eigenvalue weighted by molar-refractivity contribution is 0.329. The quantitative estimate of drug-likeness (QED) is 0.778. The maximum atomic E-state index is 13.8. The molecule has 0 spiro atoms. The first-order valence-corrected chi connectivity index (χ1v) is 5.66. The van der Waals surface area contributed by atoms with E-state index in [1.54, 1.807) is 12.1 Å². The van der Waals surface area contributed by atoms with E-state index >= 15 is 0 Å². The Morgan fingerprint density at radius 2 is 2.27 bits per heavy atom. The van der Waals surface area contributed by atoms with E-state index in [0.29, 0.717) is 10.6 Å². The molecule has 1 atom stereocenters. The van der Waals surface area contributed by atoms with Gasteiger partial charge in [0.05, 0.1) is 0 Å². The van der Waals surface area contributed by atoms with Crippen molar-refractivity contribution in [2.45, 2.75) is 25.2 Å². The highest BCUT2D eigenvalue weighted by Gasteiger charge is 2.32. The Bertz CT molecular complexity index is 338. The van der Waals surface area contributed by atoms with Gasteiger partial charge in [-0.05, 0) is 31.5 Å². The van der Waals surface area contributed by atoms with Crippen LogP contribution in [0.1, 0.15) is 25.3 Å². The summed E-state index contributed by atoms with van der Waals surface area (Å²) >= 11 is 6.08. The minimum absolute atomic E-state index is 0.166. The summed E-state index contributed by atoms with van der Waals surface area (Å²) in [6, 6.07) is 4.90. The van der Waals surface area contributed by atoms with E-state index in [2.05, 4.69) is 12.2 Å². The van der Waals surface area contributed by atoms with Crippen LogP contribution < -0.4 is 5.32 Å². The molecule has 0 aliphatic carbocycles. The minimum atomic E-state index is -0.186. The molecule has 82 valence electrons. The predicted octanol–water partition coefficient (Wildman–Crippen LogP) is 3.12. The fourth-order valence-corrected chi connectivity index (χ4v) is 2.74. The van der Waals surface area contributed by atoms with E-state index < -0.39 is 0 Å². The molecular weight excluding hydrogens is 213 g/mol. The molecule has 1 aromatic carbocycles. The van der Waals surface area contributed by atoms with Gasteiger partial charge in [0.1, 0.15) is 5.82 Å². The summed E-state index contributed by atoms with van der Waals surface area (Å²) in [6.07, 6.45) is 2.06. The van der Waals surface area contributed by atoms with Crippen molar-refractivity contribution in [3.8, 4) is 0 Å². The monoisotopic (exact) mass is 227 g/mol. The first-order valence-electron chi connectivity index (χ1n) is 5.29. The Balaban J connectivity index is 2.42. The van der Waals surface area contributed by atoms with Crippen LogP contribution in [0.25, 0.3) is 0 Å². The standard InChI is InChI=1S/C12H15ClFN/c1-12(6-3-7-15-8-12)11-9(13)4-2-5-10(11)14/h2,4-5,15H,3,6-8H2,1H3. The minimum Gasteiger partial charge on any atom is -0.316 e. The first kappa shape index (κ1) is 10.9. The molecule has 0 saturated carbocycles. The highest BCUT2D eigenvalue weighted by Crippen LogP contribution is 2.36. The van der Waals surface area contributed by atoms with E-state index in [1.807, 2.05) is 0 Å². The molecule has 15 heavy (non-hydrogen) atoms. The zero-order valence-electron chi connectivity index (χ0n) is 8.82. The van der Waals surface area contributed by atoms with Gasteiger partial charge in [0, 0.05) is 22.5 Å². The fraction of sp³-hybridized carbons (Fsp3) is 0.500. The second-order valence-electron chi connectivity index (χ2n) is 4.44. The number of rotatable bonds is 1. The average molecular weight is 228 g/mol. The third-order valence-corrected chi connectivity index (χ3v) is 3.48. The first-order chi connectivity index (χ1) is 7.13. The molecule has 1 unspecified atom stereocenters. The lowest BCUT2D eigenvalue weighted by Gasteiger charge is -2.35. The molecule has 0 amide bonds. The van der Waals surface area contributed by atoms with Gasteiger partial charge in [0.15, 0.2) is 0 Å². The smallest absolute Gasteiger partial charge is 0.128 e. The van der Waals surface area contributed by atoms with Crippen molar-refractivity contribution < 1.29 is 4.39 Å². The van der Waals surface area contributed by atoms with E-state index in [-0.39, 0.29) is 11.2 Å². The number of benzene rings is 1. The van der Waals surface area contributed by atoms with Gasteiger partial charge in [-0.1, -0.05) is 24.6 Å². The Hall–Kier alpha value is -0.600. The maximum absolute atomic E-state index is 13.8. The number of hydrogen-bond donors (Lipinski definition) is 1. The number of piperidine rings is 1. The molecule has 0 radical (unpaired) electrons. The summed E-state index contributed by atoms with van der Waals surface area (Å²) in [5.41, 5.74) is 0.500. The molecule has 1 saturated heterocycles. The van der Waals surface area contributed by atoms with Crippen molar-refractivity contribution in [1.82, 2.24) is 5.32 Å². The van der Waals surface area contributed by atoms with Crippen LogP contribution in [0.2, 0.25) is 5.02 Å². The summed E-state index contributed by atoms with van der Waals surface area (Å²) in [4.78, 5) is 0. The Labute approximate surface area is 94.6 Å². The van der Waals surface area contributed by atoms with Gasteiger partial charge in [-0.15, -0.1) is 0 Å². The number of nitrogens with one attached hydrogen (secondary N) is 1. The second-order valence-corrected chi connectivity index (χ2v) is 4.84. The third-order valence-electron chi connectivity index (χ3n) is 3.16. The molecule has 1 fully saturated rings. The van der Waals surface area contributed by atoms with Crippen LogP contribution >= 0.6 is 11.6 Å². The largest absolute Gasteiger partial charge is 0.316 e. The molecule has 1 aliphatic heterocycles. The van der Waals surface area contributed by atoms with Crippen LogP contribution in [0, 0.1) is 5.82 Å². The van der Waals surface area contributed by atoms with Gasteiger partial charge in [-0.25, -0.2) is 4.39 Å². The topological polar surface area (TPSA) is 12.0 Å². The van der Waals surface area contributed by atoms with E-state index in [9.17, 15) is 4.39 Å². The highest BCUT2D eigenvalue weighted by atomic mass is 35.5. The molecule has 1 nitrogen and oxygen atoms in total. The van der Waals surface area contributed by atoms with Crippen molar-refractivity contribution in [2.75, 3.05) is 13.1 Å². The Morgan fingerprint density at radius 3 is 2.87 bits per heavy atom. The third kappa shape index (κ3) is 2.01. The van der Waals surface area contributed by atoms with Gasteiger partial charge in [0.2, 0.25) is 0 Å². The highest BCUT2D eigenvalue weighted by molar-refractivity contribution is 6.31. The molecule has 1 heterocycles. The van der Waals surface area contributed by atoms with Crippen molar-refractivity contribution >= 4 is 11.6 Å². The average Bonchev–Trinajstić information content (AvgIpc) is 2.18. The summed E-state index contributed by atoms with van der Waals surface area (Å²) in [6.45, 7) is 3.89. The van der Waals surface area contributed by atoms with Crippen LogP contribution in [-0.4, -0.2) is 13.1 Å². The van der Waals surface area contributed by atoms with Crippen molar-refractivity contribution in [1.29, 1.82) is 0 Å². The number of halogens is 2. The zero-order valence-corrected chi connectivity index (χ0v) is 9.57. The molecule has 1 N–H and O–H groups in total. The lowest BCUT2D eigenvalue weighted by atomic mass is 9.76. The van der Waals surface area contributed by atoms with Crippen molar-refractivity contribution in [3.05, 3.63) is 34.6 Å². The molecular formula is C12H15ClFN. The molecule has 1 aliphatic rings. The second kappa shape index (κ2) is 4.11. The Morgan fingerprint density at radius 1 is 1.47 bits per heavy atom. The SMILES string of the molecule is CC1(c2c(F)cccc2Cl)CCCNC1. The summed E-state index contributed by atoms with van der Waals surface area (Å²) in [5.74, 6) is -0.186. The zero-order chi connectivity index (χ0) is 10.9. The maximum Gasteiger partial charge on any atom is 0.128 e. The van der Waals surface area contributed by atoms with Crippen LogP contribution in [0.5, 0.6) is 0 Å². The fourth-order valence-electron chi connectivity index (χ4n) is 2.34. The molecule has 2 rings (SSSR count). The van der Waals surface area contributed by atoms with Crippen LogP contribution in [0.4, 0.5) is 4.39 Å². The van der Waals surface area contributed by atoms with Gasteiger partial charge in [-0.3, -0.25) is 0 Å². The molecule has 0 aromatic heterocycles. The summed E-state index contributed by atoms with van der Waals surface area (Å²) in [7, 11) is 0. The van der Waals surface area contributed by atoms with E-state index in [0.717, 1.165) is 25.9 Å². The van der Waals surface area contributed by atoms with Gasteiger partial charge in [0.25, 0.3) is 0 Å². The summed E-state index contributed by atoms with van der Waals surface area (Å²) < 4.78 is 13.8. The summed E-state index contributed by atoms with van der Waals surface area (Å²) in [5, 5.41) is 3.85. The number of hydrogen-bond acceptors (Lipinski definition) is 1. The molecule has 1 aromatic rings. The van der Waals surface area contributed by atoms with Crippen LogP contribution in [0.3, 0.4) is 0 Å². The van der Waals surface area contributed by atoms with E-state index in [1.165, 1.54) is 6.07 Å². The predicted molar refractivity (Wildman–Crippen MR) is 60.9 cm³/mol. The van der Waals surface area contributed by atoms with Gasteiger partial charge < -0.3 is 5.32 Å². The molecule has 0 bridgehead atoms. The van der Waals surface area contributed by atoms with Gasteiger partial charge >= 0.3 is 0 Å². The van der Waals surface area contributed by atoms with E-state index in [4.69, 9.17) is 11.6 Å². The van der Waals surface area contributed by atoms with Gasteiger partial charge in [-0.2, -0.15) is 0 Å². The van der Waals surface area contributed by atoms with Crippen molar-refractivity contribution in [2.24, 2.45) is 0 Å². The normalized spacial score (nSPS) is 26.6. The Kier molecular flexibility index (Phi) is 2.98. The van der Waals surface area contributed by atoms with Crippen LogP contribution in [-0.2, 0) is 5.41 Å². The van der Waals surface area contributed by atoms with Crippen molar-refractivity contribution in [3.63, 3.8) is 0 Å². The molecule has 3 heteroatoms.